The van der Waals surface area contributed by atoms with Crippen LogP contribution in [0.3, 0.4) is 0 Å². The molecule has 0 spiro atoms. The van der Waals surface area contributed by atoms with Crippen molar-refractivity contribution in [2.24, 2.45) is 0 Å². The molecule has 1 fully saturated rings. The van der Waals surface area contributed by atoms with Crippen molar-refractivity contribution in [3.05, 3.63) is 51.7 Å². The van der Waals surface area contributed by atoms with Gasteiger partial charge in [0.25, 0.3) is 5.91 Å². The minimum atomic E-state index is 0.118. The predicted molar refractivity (Wildman–Crippen MR) is 108 cm³/mol. The number of carbonyl (C=O) groups excluding carboxylic acids is 1. The van der Waals surface area contributed by atoms with Crippen molar-refractivity contribution >= 4 is 22.9 Å². The Labute approximate surface area is 159 Å². The summed E-state index contributed by atoms with van der Waals surface area (Å²) in [5, 5.41) is 5.20. The molecule has 1 aliphatic heterocycles. The van der Waals surface area contributed by atoms with Crippen LogP contribution in [0, 0.1) is 0 Å². The summed E-state index contributed by atoms with van der Waals surface area (Å²) in [5.41, 5.74) is 3.55. The second-order valence-electron chi connectivity index (χ2n) is 7.18. The van der Waals surface area contributed by atoms with Gasteiger partial charge in [0.2, 0.25) is 0 Å². The fraction of sp³-hybridized carbons (Fsp3) is 0.476. The Morgan fingerprint density at radius 1 is 1.04 bits per heavy atom. The lowest BCUT2D eigenvalue weighted by atomic mass is 9.96. The Hall–Kier alpha value is -1.85. The zero-order valence-corrected chi connectivity index (χ0v) is 16.1. The van der Waals surface area contributed by atoms with Crippen molar-refractivity contribution in [1.82, 2.24) is 10.2 Å². The Bertz CT molecular complexity index is 735. The number of carbonyl (C=O) groups is 1. The molecule has 1 aromatic heterocycles. The molecule has 1 N–H and O–H groups in total. The van der Waals surface area contributed by atoms with Crippen LogP contribution in [0.5, 0.6) is 0 Å². The zero-order chi connectivity index (χ0) is 17.8. The van der Waals surface area contributed by atoms with E-state index in [-0.39, 0.29) is 5.91 Å². The summed E-state index contributed by atoms with van der Waals surface area (Å²) in [6.07, 6.45) is 4.71. The van der Waals surface area contributed by atoms with E-state index in [1.807, 2.05) is 0 Å². The third-order valence-corrected chi connectivity index (χ3v) is 6.60. The van der Waals surface area contributed by atoms with Gasteiger partial charge >= 0.3 is 0 Å². The number of piperazine rings is 1. The number of thiophene rings is 1. The number of hydrogen-bond donors (Lipinski definition) is 1. The zero-order valence-electron chi connectivity index (χ0n) is 15.2. The van der Waals surface area contributed by atoms with Crippen LogP contribution in [0.1, 0.15) is 33.6 Å². The van der Waals surface area contributed by atoms with Crippen LogP contribution in [0.2, 0.25) is 0 Å². The summed E-state index contributed by atoms with van der Waals surface area (Å²) >= 11 is 1.76. The Morgan fingerprint density at radius 2 is 1.81 bits per heavy atom. The van der Waals surface area contributed by atoms with Gasteiger partial charge in [-0.25, -0.2) is 0 Å². The van der Waals surface area contributed by atoms with Crippen molar-refractivity contribution in [2.45, 2.75) is 25.7 Å². The highest BCUT2D eigenvalue weighted by Crippen LogP contribution is 2.30. The topological polar surface area (TPSA) is 35.6 Å². The van der Waals surface area contributed by atoms with E-state index in [0.29, 0.717) is 0 Å². The molecule has 2 aliphatic rings. The Morgan fingerprint density at radius 3 is 2.62 bits per heavy atom. The van der Waals surface area contributed by atoms with Gasteiger partial charge in [-0.15, -0.1) is 11.3 Å². The molecule has 0 bridgehead atoms. The number of nitrogens with one attached hydrogen (secondary N) is 1. The van der Waals surface area contributed by atoms with Gasteiger partial charge in [-0.05, 0) is 43.4 Å². The molecule has 0 atom stereocenters. The highest BCUT2D eigenvalue weighted by atomic mass is 32.1. The lowest BCUT2D eigenvalue weighted by Gasteiger charge is -2.36. The van der Waals surface area contributed by atoms with Crippen molar-refractivity contribution in [3.8, 4) is 0 Å². The van der Waals surface area contributed by atoms with Gasteiger partial charge in [0.15, 0.2) is 0 Å². The maximum Gasteiger partial charge on any atom is 0.252 e. The van der Waals surface area contributed by atoms with Crippen molar-refractivity contribution < 1.29 is 4.79 Å². The molecule has 4 rings (SSSR count). The number of para-hydroxylation sites is 1. The number of hydrogen-bond acceptors (Lipinski definition) is 4. The number of fused-ring (bicyclic) bond motifs is 1. The number of amides is 1. The van der Waals surface area contributed by atoms with Gasteiger partial charge < -0.3 is 10.2 Å². The highest BCUT2D eigenvalue weighted by molar-refractivity contribution is 7.10. The Kier molecular flexibility index (Phi) is 5.56. The maximum absolute atomic E-state index is 12.5. The molecule has 1 aromatic carbocycles. The third kappa shape index (κ3) is 3.94. The summed E-state index contributed by atoms with van der Waals surface area (Å²) in [6.45, 7) is 5.87. The second kappa shape index (κ2) is 8.23. The lowest BCUT2D eigenvalue weighted by Crippen LogP contribution is -2.48. The fourth-order valence-electron chi connectivity index (χ4n) is 3.98. The molecular weight excluding hydrogens is 342 g/mol. The molecule has 1 saturated heterocycles. The molecule has 26 heavy (non-hydrogen) atoms. The standard InChI is InChI=1S/C21H27N3OS/c25-21(19-16-26-20-9-5-4-8-18(19)20)22-10-11-23-12-14-24(15-13-23)17-6-2-1-3-7-17/h1-3,6-7,16H,4-5,8-15H2,(H,22,25). The number of aryl methyl sites for hydroxylation is 1. The SMILES string of the molecule is O=C(NCCN1CCN(c2ccccc2)CC1)c1csc2c1CCCC2. The van der Waals surface area contributed by atoms with Gasteiger partial charge in [-0.1, -0.05) is 18.2 Å². The summed E-state index contributed by atoms with van der Waals surface area (Å²) < 4.78 is 0. The molecule has 0 saturated carbocycles. The van der Waals surface area contributed by atoms with Gasteiger partial charge in [0, 0.05) is 55.2 Å². The third-order valence-electron chi connectivity index (χ3n) is 5.51. The molecule has 0 unspecified atom stereocenters. The first-order valence-electron chi connectivity index (χ1n) is 9.71. The van der Waals surface area contributed by atoms with E-state index in [2.05, 4.69) is 50.8 Å². The lowest BCUT2D eigenvalue weighted by molar-refractivity contribution is 0.0947. The highest BCUT2D eigenvalue weighted by Gasteiger charge is 2.20. The first-order valence-corrected chi connectivity index (χ1v) is 10.6. The number of nitrogens with zero attached hydrogens (tertiary/aromatic N) is 2. The average molecular weight is 370 g/mol. The van der Waals surface area contributed by atoms with Crippen LogP contribution < -0.4 is 10.2 Å². The van der Waals surface area contributed by atoms with Gasteiger partial charge in [0.1, 0.15) is 0 Å². The molecule has 0 radical (unpaired) electrons. The fourth-order valence-corrected chi connectivity index (χ4v) is 5.10. The number of benzene rings is 1. The van der Waals surface area contributed by atoms with Crippen molar-refractivity contribution in [1.29, 1.82) is 0 Å². The molecule has 4 nitrogen and oxygen atoms in total. The van der Waals surface area contributed by atoms with Gasteiger partial charge in [-0.3, -0.25) is 9.69 Å². The normalized spacial score (nSPS) is 17.8. The molecule has 2 aromatic rings. The van der Waals surface area contributed by atoms with Crippen molar-refractivity contribution in [3.63, 3.8) is 0 Å². The smallest absolute Gasteiger partial charge is 0.252 e. The average Bonchev–Trinajstić information content (AvgIpc) is 3.13. The molecule has 5 heteroatoms. The van der Waals surface area contributed by atoms with E-state index in [0.717, 1.165) is 57.7 Å². The number of rotatable bonds is 5. The molecule has 1 aliphatic carbocycles. The van der Waals surface area contributed by atoms with E-state index < -0.39 is 0 Å². The van der Waals surface area contributed by atoms with Crippen LogP contribution in [-0.2, 0) is 12.8 Å². The molecular formula is C21H27N3OS. The maximum atomic E-state index is 12.5. The molecule has 1 amide bonds. The summed E-state index contributed by atoms with van der Waals surface area (Å²) in [7, 11) is 0. The van der Waals surface area contributed by atoms with Crippen LogP contribution in [0.15, 0.2) is 35.7 Å². The van der Waals surface area contributed by atoms with Gasteiger partial charge in [0.05, 0.1) is 5.56 Å². The second-order valence-corrected chi connectivity index (χ2v) is 8.14. The van der Waals surface area contributed by atoms with E-state index in [4.69, 9.17) is 0 Å². The van der Waals surface area contributed by atoms with Crippen LogP contribution in [0.4, 0.5) is 5.69 Å². The van der Waals surface area contributed by atoms with E-state index in [1.54, 1.807) is 11.3 Å². The summed E-state index contributed by atoms with van der Waals surface area (Å²) in [4.78, 5) is 18.8. The summed E-state index contributed by atoms with van der Waals surface area (Å²) in [6, 6.07) is 10.6. The quantitative estimate of drug-likeness (QED) is 0.879. The largest absolute Gasteiger partial charge is 0.369 e. The minimum Gasteiger partial charge on any atom is -0.369 e. The first-order chi connectivity index (χ1) is 12.8. The van der Waals surface area contributed by atoms with Crippen LogP contribution in [0.25, 0.3) is 0 Å². The Balaban J connectivity index is 1.22. The first kappa shape index (κ1) is 17.6. The minimum absolute atomic E-state index is 0.118. The molecule has 2 heterocycles. The van der Waals surface area contributed by atoms with E-state index in [1.165, 1.54) is 29.0 Å². The van der Waals surface area contributed by atoms with Crippen molar-refractivity contribution in [2.75, 3.05) is 44.2 Å². The summed E-state index contributed by atoms with van der Waals surface area (Å²) in [5.74, 6) is 0.118. The molecule has 138 valence electrons. The van der Waals surface area contributed by atoms with E-state index in [9.17, 15) is 4.79 Å². The van der Waals surface area contributed by atoms with Gasteiger partial charge in [-0.2, -0.15) is 0 Å². The number of anilines is 1. The van der Waals surface area contributed by atoms with Crippen LogP contribution in [-0.4, -0.2) is 50.1 Å². The van der Waals surface area contributed by atoms with Crippen LogP contribution >= 0.6 is 11.3 Å². The monoisotopic (exact) mass is 369 g/mol. The predicted octanol–water partition coefficient (Wildman–Crippen LogP) is 3.18. The van der Waals surface area contributed by atoms with E-state index >= 15 is 0 Å².